The fraction of sp³-hybridized carbons (Fsp3) is 0.190. The number of amides is 1. The number of hydrazone groups is 1. The van der Waals surface area contributed by atoms with Crippen molar-refractivity contribution in [3.8, 4) is 0 Å². The Kier molecular flexibility index (Phi) is 5.27. The first-order chi connectivity index (χ1) is 12.6. The maximum atomic E-state index is 12.3. The molecule has 0 aliphatic heterocycles. The Bertz CT molecular complexity index is 984. The van der Waals surface area contributed by atoms with E-state index < -0.39 is 0 Å². The highest BCUT2D eigenvalue weighted by atomic mass is 16.2. The van der Waals surface area contributed by atoms with Gasteiger partial charge < -0.3 is 4.57 Å². The fourth-order valence-electron chi connectivity index (χ4n) is 2.90. The Hall–Kier alpha value is -3.21. The zero-order valence-corrected chi connectivity index (χ0v) is 15.2. The van der Waals surface area contributed by atoms with Gasteiger partial charge >= 0.3 is 0 Å². The second kappa shape index (κ2) is 7.78. The van der Waals surface area contributed by atoms with E-state index in [4.69, 9.17) is 0 Å². The molecule has 0 radical (unpaired) electrons. The van der Waals surface area contributed by atoms with Crippen LogP contribution in [0.4, 0.5) is 0 Å². The molecule has 3 rings (SSSR count). The van der Waals surface area contributed by atoms with Gasteiger partial charge in [-0.2, -0.15) is 5.10 Å². The molecule has 26 heavy (non-hydrogen) atoms. The Balaban J connectivity index is 1.70. The molecule has 0 saturated carbocycles. The first-order valence-corrected chi connectivity index (χ1v) is 8.62. The minimum atomic E-state index is -0.251. The van der Waals surface area contributed by atoms with E-state index in [0.717, 1.165) is 34.5 Å². The monoisotopic (exact) mass is 346 g/mol. The number of carbonyl (C=O) groups excluding carboxylic acids is 1. The van der Waals surface area contributed by atoms with E-state index >= 15 is 0 Å². The number of nitrogens with one attached hydrogen (secondary N) is 1. The Labute approximate surface area is 153 Å². The van der Waals surface area contributed by atoms with Crippen molar-refractivity contribution >= 4 is 29.2 Å². The average molecular weight is 346 g/mol. The molecule has 0 spiro atoms. The first kappa shape index (κ1) is 17.6. The van der Waals surface area contributed by atoms with Gasteiger partial charge in [0.15, 0.2) is 0 Å². The number of carbonyl (C=O) groups is 1. The van der Waals surface area contributed by atoms with E-state index in [2.05, 4.69) is 27.0 Å². The van der Waals surface area contributed by atoms with Gasteiger partial charge in [-0.25, -0.2) is 10.4 Å². The predicted molar refractivity (Wildman–Crippen MR) is 106 cm³/mol. The molecule has 1 aromatic heterocycles. The third kappa shape index (κ3) is 3.88. The van der Waals surface area contributed by atoms with Crippen LogP contribution in [-0.2, 0) is 6.54 Å². The van der Waals surface area contributed by atoms with Gasteiger partial charge in [-0.3, -0.25) is 4.79 Å². The van der Waals surface area contributed by atoms with Crippen molar-refractivity contribution in [2.75, 3.05) is 0 Å². The second-order valence-electron chi connectivity index (χ2n) is 6.10. The number of aryl methyl sites for hydroxylation is 2. The Morgan fingerprint density at radius 3 is 2.73 bits per heavy atom. The highest BCUT2D eigenvalue weighted by Crippen LogP contribution is 2.17. The third-order valence-corrected chi connectivity index (χ3v) is 4.15. The molecule has 1 heterocycles. The molecule has 0 fully saturated rings. The molecule has 0 unspecified atom stereocenters. The number of benzene rings is 2. The van der Waals surface area contributed by atoms with Crippen molar-refractivity contribution in [1.82, 2.24) is 15.0 Å². The van der Waals surface area contributed by atoms with E-state index in [9.17, 15) is 4.79 Å². The summed E-state index contributed by atoms with van der Waals surface area (Å²) < 4.78 is 2.12. The zero-order chi connectivity index (χ0) is 18.5. The molecular weight excluding hydrogens is 324 g/mol. The van der Waals surface area contributed by atoms with Crippen LogP contribution in [0.2, 0.25) is 0 Å². The third-order valence-electron chi connectivity index (χ3n) is 4.15. The minimum absolute atomic E-state index is 0.251. The summed E-state index contributed by atoms with van der Waals surface area (Å²) in [5.74, 6) is 0.694. The number of fused-ring (bicyclic) bond motifs is 1. The lowest BCUT2D eigenvalue weighted by Crippen LogP contribution is -2.17. The Morgan fingerprint density at radius 2 is 2.00 bits per heavy atom. The highest BCUT2D eigenvalue weighted by Gasteiger charge is 2.10. The largest absolute Gasteiger partial charge is 0.329 e. The molecule has 5 nitrogen and oxygen atoms in total. The van der Waals surface area contributed by atoms with Crippen molar-refractivity contribution in [2.45, 2.75) is 27.3 Å². The lowest BCUT2D eigenvalue weighted by Gasteiger charge is -2.03. The topological polar surface area (TPSA) is 59.3 Å². The number of hydrogen-bond acceptors (Lipinski definition) is 3. The summed E-state index contributed by atoms with van der Waals surface area (Å²) in [6, 6.07) is 15.5. The highest BCUT2D eigenvalue weighted by molar-refractivity contribution is 5.98. The molecule has 5 heteroatoms. The lowest BCUT2D eigenvalue weighted by molar-refractivity contribution is 0.0955. The summed E-state index contributed by atoms with van der Waals surface area (Å²) in [6.45, 7) is 6.84. The van der Waals surface area contributed by atoms with Crippen LogP contribution >= 0.6 is 0 Å². The number of allylic oxidation sites excluding steroid dienone is 1. The van der Waals surface area contributed by atoms with E-state index in [1.807, 2.05) is 56.3 Å². The molecule has 0 bridgehead atoms. The van der Waals surface area contributed by atoms with Crippen LogP contribution in [0.15, 0.2) is 59.2 Å². The summed E-state index contributed by atoms with van der Waals surface area (Å²) in [7, 11) is 0. The van der Waals surface area contributed by atoms with Gasteiger partial charge in [0.2, 0.25) is 0 Å². The van der Waals surface area contributed by atoms with Crippen molar-refractivity contribution in [1.29, 1.82) is 0 Å². The summed E-state index contributed by atoms with van der Waals surface area (Å²) >= 11 is 0. The molecule has 0 atom stereocenters. The van der Waals surface area contributed by atoms with Crippen LogP contribution in [0.1, 0.15) is 35.6 Å². The van der Waals surface area contributed by atoms with Gasteiger partial charge in [0.05, 0.1) is 17.2 Å². The summed E-state index contributed by atoms with van der Waals surface area (Å²) in [4.78, 5) is 16.8. The molecule has 0 saturated heterocycles. The summed E-state index contributed by atoms with van der Waals surface area (Å²) in [6.07, 6.45) is 3.64. The van der Waals surface area contributed by atoms with Crippen molar-refractivity contribution in [2.24, 2.45) is 5.10 Å². The van der Waals surface area contributed by atoms with Crippen LogP contribution in [0.5, 0.6) is 0 Å². The number of hydrogen-bond donors (Lipinski definition) is 1. The van der Waals surface area contributed by atoms with E-state index in [-0.39, 0.29) is 5.91 Å². The lowest BCUT2D eigenvalue weighted by atomic mass is 10.1. The van der Waals surface area contributed by atoms with Crippen LogP contribution in [-0.4, -0.2) is 21.7 Å². The van der Waals surface area contributed by atoms with Crippen molar-refractivity contribution in [3.05, 3.63) is 71.1 Å². The molecule has 3 aromatic rings. The minimum Gasteiger partial charge on any atom is -0.329 e. The molecule has 1 N–H and O–H groups in total. The van der Waals surface area contributed by atoms with Gasteiger partial charge in [-0.05, 0) is 50.1 Å². The van der Waals surface area contributed by atoms with Gasteiger partial charge in [0.1, 0.15) is 5.82 Å². The maximum Gasteiger partial charge on any atom is 0.271 e. The summed E-state index contributed by atoms with van der Waals surface area (Å²) in [5.41, 5.74) is 7.01. The standard InChI is InChI=1S/C21H22N4O/c1-4-25-16(3)23-19-13-18(10-11-20(19)25)21(26)24-22-14-15(2)12-17-8-6-5-7-9-17/h5-14H,4H2,1-3H3,(H,24,26). The number of rotatable bonds is 5. The Morgan fingerprint density at radius 1 is 1.23 bits per heavy atom. The van der Waals surface area contributed by atoms with Gasteiger partial charge in [0, 0.05) is 12.1 Å². The SMILES string of the molecule is CCn1c(C)nc2cc(C(=O)NN=CC(C)=Cc3ccccc3)ccc21. The predicted octanol–water partition coefficient (Wildman–Crippen LogP) is 4.18. The number of aromatic nitrogens is 2. The van der Waals surface area contributed by atoms with E-state index in [1.54, 1.807) is 18.3 Å². The number of imidazole rings is 1. The number of nitrogens with zero attached hydrogens (tertiary/aromatic N) is 3. The smallest absolute Gasteiger partial charge is 0.271 e. The molecule has 1 amide bonds. The quantitative estimate of drug-likeness (QED) is 0.556. The van der Waals surface area contributed by atoms with Crippen LogP contribution in [0.25, 0.3) is 17.1 Å². The zero-order valence-electron chi connectivity index (χ0n) is 15.2. The molecule has 0 aliphatic rings. The fourth-order valence-corrected chi connectivity index (χ4v) is 2.90. The molecule has 0 aliphatic carbocycles. The molecular formula is C21H22N4O. The van der Waals surface area contributed by atoms with Crippen molar-refractivity contribution < 1.29 is 4.79 Å². The average Bonchev–Trinajstić information content (AvgIpc) is 2.96. The van der Waals surface area contributed by atoms with Crippen LogP contribution in [0.3, 0.4) is 0 Å². The van der Waals surface area contributed by atoms with E-state index in [1.165, 1.54) is 0 Å². The van der Waals surface area contributed by atoms with E-state index in [0.29, 0.717) is 5.56 Å². The molecule has 2 aromatic carbocycles. The normalized spacial score (nSPS) is 12.0. The van der Waals surface area contributed by atoms with Gasteiger partial charge in [-0.1, -0.05) is 36.4 Å². The first-order valence-electron chi connectivity index (χ1n) is 8.62. The maximum absolute atomic E-state index is 12.3. The molecule has 132 valence electrons. The van der Waals surface area contributed by atoms with Crippen LogP contribution in [0, 0.1) is 6.92 Å². The van der Waals surface area contributed by atoms with Gasteiger partial charge in [0.25, 0.3) is 5.91 Å². The second-order valence-corrected chi connectivity index (χ2v) is 6.10. The van der Waals surface area contributed by atoms with Crippen molar-refractivity contribution in [3.63, 3.8) is 0 Å². The van der Waals surface area contributed by atoms with Gasteiger partial charge in [-0.15, -0.1) is 0 Å². The van der Waals surface area contributed by atoms with Crippen LogP contribution < -0.4 is 5.43 Å². The summed E-state index contributed by atoms with van der Waals surface area (Å²) in [5, 5.41) is 4.04.